The summed E-state index contributed by atoms with van der Waals surface area (Å²) >= 11 is 0. The number of hydrogen-bond acceptors (Lipinski definition) is 4. The van der Waals surface area contributed by atoms with Crippen LogP contribution in [0.1, 0.15) is 31.2 Å². The lowest BCUT2D eigenvalue weighted by Gasteiger charge is -2.12. The highest BCUT2D eigenvalue weighted by atomic mass is 32.2. The van der Waals surface area contributed by atoms with Crippen molar-refractivity contribution >= 4 is 10.0 Å². The summed E-state index contributed by atoms with van der Waals surface area (Å²) < 4.78 is 26.9. The minimum Gasteiger partial charge on any atom is -0.390 e. The largest absolute Gasteiger partial charge is 0.390 e. The van der Waals surface area contributed by atoms with Crippen molar-refractivity contribution in [3.05, 3.63) is 11.4 Å². The van der Waals surface area contributed by atoms with Gasteiger partial charge in [-0.1, -0.05) is 6.92 Å². The highest BCUT2D eigenvalue weighted by molar-refractivity contribution is 7.89. The smallest absolute Gasteiger partial charge is 0.244 e. The summed E-state index contributed by atoms with van der Waals surface area (Å²) in [5.41, 5.74) is 0.615. The fourth-order valence-corrected chi connectivity index (χ4v) is 3.57. The van der Waals surface area contributed by atoms with E-state index in [0.717, 1.165) is 0 Å². The Morgan fingerprint density at radius 2 is 2.22 bits per heavy atom. The van der Waals surface area contributed by atoms with E-state index in [9.17, 15) is 8.42 Å². The van der Waals surface area contributed by atoms with Gasteiger partial charge in [-0.3, -0.25) is 5.10 Å². The Bertz CT molecular complexity index is 520. The number of nitrogens with zero attached hydrogens (tertiary/aromatic N) is 1. The normalized spacial score (nSPS) is 17.9. The average Bonchev–Trinajstić information content (AvgIpc) is 3.09. The Hall–Kier alpha value is -0.920. The van der Waals surface area contributed by atoms with Gasteiger partial charge in [0.1, 0.15) is 10.6 Å². The number of aromatic amines is 1. The fourth-order valence-electron chi connectivity index (χ4n) is 2.08. The molecule has 3 N–H and O–H groups in total. The molecule has 0 radical (unpaired) electrons. The molecule has 1 unspecified atom stereocenters. The van der Waals surface area contributed by atoms with Crippen LogP contribution in [0.4, 0.5) is 0 Å². The molecule has 1 aliphatic rings. The second kappa shape index (κ2) is 4.99. The Labute approximate surface area is 107 Å². The molecule has 18 heavy (non-hydrogen) atoms. The van der Waals surface area contributed by atoms with Crippen LogP contribution in [-0.4, -0.2) is 30.3 Å². The zero-order chi connectivity index (χ0) is 13.3. The molecule has 1 fully saturated rings. The third kappa shape index (κ3) is 2.73. The number of sulfonamides is 1. The number of nitrogens with one attached hydrogen (secondary N) is 2. The fraction of sp³-hybridized carbons (Fsp3) is 0.727. The molecule has 0 saturated heterocycles. The standard InChI is InChI=1S/C11H19N3O3S/c1-7(9-3-4-9)5-12-18(16,17)11-8(2)13-14-10(11)6-15/h7,9,12,15H,3-6H2,1-2H3,(H,13,14). The van der Waals surface area contributed by atoms with Crippen LogP contribution in [0.3, 0.4) is 0 Å². The van der Waals surface area contributed by atoms with E-state index in [1.165, 1.54) is 12.8 Å². The van der Waals surface area contributed by atoms with Crippen molar-refractivity contribution in [2.45, 2.75) is 38.2 Å². The molecule has 102 valence electrons. The summed E-state index contributed by atoms with van der Waals surface area (Å²) in [7, 11) is -3.59. The summed E-state index contributed by atoms with van der Waals surface area (Å²) in [5, 5.41) is 15.5. The summed E-state index contributed by atoms with van der Waals surface area (Å²) in [6, 6.07) is 0. The predicted octanol–water partition coefficient (Wildman–Crippen LogP) is 0.535. The van der Waals surface area contributed by atoms with Crippen LogP contribution in [0.15, 0.2) is 4.90 Å². The van der Waals surface area contributed by atoms with Crippen LogP contribution in [0.25, 0.3) is 0 Å². The summed E-state index contributed by atoms with van der Waals surface area (Å²) in [5.74, 6) is 1.00. The summed E-state index contributed by atoms with van der Waals surface area (Å²) in [6.45, 7) is 3.72. The second-order valence-corrected chi connectivity index (χ2v) is 6.65. The molecule has 6 nitrogen and oxygen atoms in total. The van der Waals surface area contributed by atoms with Crippen LogP contribution >= 0.6 is 0 Å². The molecule has 1 saturated carbocycles. The summed E-state index contributed by atoms with van der Waals surface area (Å²) in [4.78, 5) is 0.0768. The zero-order valence-corrected chi connectivity index (χ0v) is 11.4. The Morgan fingerprint density at radius 3 is 2.78 bits per heavy atom. The predicted molar refractivity (Wildman–Crippen MR) is 66.3 cm³/mol. The molecular formula is C11H19N3O3S. The number of H-pyrrole nitrogens is 1. The van der Waals surface area contributed by atoms with Crippen LogP contribution < -0.4 is 4.72 Å². The van der Waals surface area contributed by atoms with Crippen LogP contribution in [0.5, 0.6) is 0 Å². The quantitative estimate of drug-likeness (QED) is 0.704. The van der Waals surface area contributed by atoms with E-state index < -0.39 is 16.6 Å². The Morgan fingerprint density at radius 1 is 1.56 bits per heavy atom. The van der Waals surface area contributed by atoms with Gasteiger partial charge >= 0.3 is 0 Å². The minimum absolute atomic E-state index is 0.0768. The molecule has 1 atom stereocenters. The van der Waals surface area contributed by atoms with Gasteiger partial charge < -0.3 is 5.11 Å². The lowest BCUT2D eigenvalue weighted by molar-refractivity contribution is 0.273. The maximum atomic E-state index is 12.2. The van der Waals surface area contributed by atoms with E-state index in [1.54, 1.807) is 6.92 Å². The first-order chi connectivity index (χ1) is 8.45. The van der Waals surface area contributed by atoms with Crippen molar-refractivity contribution in [2.24, 2.45) is 11.8 Å². The van der Waals surface area contributed by atoms with E-state index in [0.29, 0.717) is 24.1 Å². The van der Waals surface area contributed by atoms with Crippen LogP contribution in [0, 0.1) is 18.8 Å². The van der Waals surface area contributed by atoms with Crippen LogP contribution in [0.2, 0.25) is 0 Å². The van der Waals surface area contributed by atoms with Gasteiger partial charge in [0.15, 0.2) is 0 Å². The molecule has 1 heterocycles. The third-order valence-corrected chi connectivity index (χ3v) is 5.03. The number of aromatic nitrogens is 2. The number of aryl methyl sites for hydroxylation is 1. The number of aliphatic hydroxyl groups is 1. The molecule has 0 bridgehead atoms. The second-order valence-electron chi connectivity index (χ2n) is 4.95. The van der Waals surface area contributed by atoms with E-state index in [2.05, 4.69) is 21.8 Å². The molecular weight excluding hydrogens is 254 g/mol. The van der Waals surface area contributed by atoms with E-state index in [4.69, 9.17) is 5.11 Å². The van der Waals surface area contributed by atoms with Gasteiger partial charge in [0.25, 0.3) is 0 Å². The van der Waals surface area contributed by atoms with Crippen molar-refractivity contribution < 1.29 is 13.5 Å². The lowest BCUT2D eigenvalue weighted by Crippen LogP contribution is -2.30. The molecule has 0 amide bonds. The molecule has 1 aromatic heterocycles. The number of aliphatic hydroxyl groups excluding tert-OH is 1. The molecule has 7 heteroatoms. The molecule has 1 aromatic rings. The third-order valence-electron chi connectivity index (χ3n) is 3.40. The Balaban J connectivity index is 2.11. The molecule has 0 spiro atoms. The van der Waals surface area contributed by atoms with E-state index in [-0.39, 0.29) is 10.6 Å². The number of rotatable bonds is 6. The summed E-state index contributed by atoms with van der Waals surface area (Å²) in [6.07, 6.45) is 2.38. The van der Waals surface area contributed by atoms with Crippen molar-refractivity contribution in [3.8, 4) is 0 Å². The zero-order valence-electron chi connectivity index (χ0n) is 10.6. The first-order valence-corrected chi connectivity index (χ1v) is 7.58. The van der Waals surface area contributed by atoms with Crippen LogP contribution in [-0.2, 0) is 16.6 Å². The van der Waals surface area contributed by atoms with Gasteiger partial charge in [-0.2, -0.15) is 5.10 Å². The maximum Gasteiger partial charge on any atom is 0.244 e. The van der Waals surface area contributed by atoms with Gasteiger partial charge in [-0.15, -0.1) is 0 Å². The topological polar surface area (TPSA) is 95.1 Å². The van der Waals surface area contributed by atoms with Gasteiger partial charge in [-0.25, -0.2) is 13.1 Å². The van der Waals surface area contributed by atoms with Gasteiger partial charge in [0.05, 0.1) is 12.3 Å². The Kier molecular flexibility index (Phi) is 3.74. The molecule has 0 aliphatic heterocycles. The first kappa shape index (κ1) is 13.5. The SMILES string of the molecule is Cc1[nH]nc(CO)c1S(=O)(=O)NCC(C)C1CC1. The average molecular weight is 273 g/mol. The van der Waals surface area contributed by atoms with Crippen molar-refractivity contribution in [1.29, 1.82) is 0 Å². The maximum absolute atomic E-state index is 12.2. The van der Waals surface area contributed by atoms with Crippen molar-refractivity contribution in [3.63, 3.8) is 0 Å². The molecule has 0 aromatic carbocycles. The monoisotopic (exact) mass is 273 g/mol. The van der Waals surface area contributed by atoms with Crippen molar-refractivity contribution in [2.75, 3.05) is 6.54 Å². The highest BCUT2D eigenvalue weighted by Gasteiger charge is 2.30. The van der Waals surface area contributed by atoms with Gasteiger partial charge in [-0.05, 0) is 31.6 Å². The van der Waals surface area contributed by atoms with E-state index >= 15 is 0 Å². The molecule has 2 rings (SSSR count). The van der Waals surface area contributed by atoms with Gasteiger partial charge in [0.2, 0.25) is 10.0 Å². The molecule has 1 aliphatic carbocycles. The van der Waals surface area contributed by atoms with E-state index in [1.807, 2.05) is 0 Å². The minimum atomic E-state index is -3.59. The van der Waals surface area contributed by atoms with Crippen molar-refractivity contribution in [1.82, 2.24) is 14.9 Å². The highest BCUT2D eigenvalue weighted by Crippen LogP contribution is 2.36. The number of hydrogen-bond donors (Lipinski definition) is 3. The lowest BCUT2D eigenvalue weighted by atomic mass is 10.1. The van der Waals surface area contributed by atoms with Gasteiger partial charge in [0, 0.05) is 6.54 Å². The first-order valence-electron chi connectivity index (χ1n) is 6.10.